The molecule has 0 amide bonds. The van der Waals surface area contributed by atoms with Crippen molar-refractivity contribution < 1.29 is 28.3 Å². The molecule has 2 N–H and O–H groups in total. The van der Waals surface area contributed by atoms with E-state index in [2.05, 4.69) is 10.1 Å². The van der Waals surface area contributed by atoms with Gasteiger partial charge in [-0.2, -0.15) is 0 Å². The SMILES string of the molecule is O=C(O)c1cccc(NCCOCC(F)F)c1[N+](=O)[O-]. The number of nitro groups is 1. The number of hydrogen-bond acceptors (Lipinski definition) is 5. The molecule has 7 nitrogen and oxygen atoms in total. The zero-order chi connectivity index (χ0) is 15.1. The van der Waals surface area contributed by atoms with Crippen LogP contribution in [0.15, 0.2) is 18.2 Å². The Morgan fingerprint density at radius 3 is 2.75 bits per heavy atom. The number of nitrogens with zero attached hydrogens (tertiary/aromatic N) is 1. The third-order valence-electron chi connectivity index (χ3n) is 2.25. The quantitative estimate of drug-likeness (QED) is 0.431. The summed E-state index contributed by atoms with van der Waals surface area (Å²) < 4.78 is 28.2. The number of benzene rings is 1. The van der Waals surface area contributed by atoms with Crippen LogP contribution < -0.4 is 5.32 Å². The van der Waals surface area contributed by atoms with Crippen molar-refractivity contribution in [3.8, 4) is 0 Å². The first-order valence-electron chi connectivity index (χ1n) is 5.54. The van der Waals surface area contributed by atoms with Crippen LogP contribution in [0.25, 0.3) is 0 Å². The van der Waals surface area contributed by atoms with E-state index in [-0.39, 0.29) is 18.8 Å². The Balaban J connectivity index is 2.72. The molecule has 0 fully saturated rings. The summed E-state index contributed by atoms with van der Waals surface area (Å²) in [7, 11) is 0. The van der Waals surface area contributed by atoms with Gasteiger partial charge in [-0.1, -0.05) is 6.07 Å². The Morgan fingerprint density at radius 1 is 1.50 bits per heavy atom. The van der Waals surface area contributed by atoms with Crippen LogP contribution in [0.4, 0.5) is 20.2 Å². The van der Waals surface area contributed by atoms with Gasteiger partial charge in [0.1, 0.15) is 17.9 Å². The number of aromatic carboxylic acids is 1. The second kappa shape index (κ2) is 7.34. The number of anilines is 1. The average Bonchev–Trinajstić information content (AvgIpc) is 2.37. The molecule has 0 atom stereocenters. The van der Waals surface area contributed by atoms with Crippen molar-refractivity contribution in [1.29, 1.82) is 0 Å². The lowest BCUT2D eigenvalue weighted by Gasteiger charge is -2.09. The van der Waals surface area contributed by atoms with Crippen LogP contribution in [0.5, 0.6) is 0 Å². The van der Waals surface area contributed by atoms with E-state index in [0.29, 0.717) is 0 Å². The van der Waals surface area contributed by atoms with Gasteiger partial charge in [0.15, 0.2) is 0 Å². The Morgan fingerprint density at radius 2 is 2.20 bits per heavy atom. The molecule has 0 aliphatic rings. The number of para-hydroxylation sites is 1. The van der Waals surface area contributed by atoms with Gasteiger partial charge in [0.2, 0.25) is 0 Å². The van der Waals surface area contributed by atoms with Crippen LogP contribution in [0.3, 0.4) is 0 Å². The highest BCUT2D eigenvalue weighted by Crippen LogP contribution is 2.28. The van der Waals surface area contributed by atoms with Crippen LogP contribution in [0.2, 0.25) is 0 Å². The normalized spacial score (nSPS) is 10.6. The zero-order valence-corrected chi connectivity index (χ0v) is 10.2. The molecule has 0 heterocycles. The van der Waals surface area contributed by atoms with E-state index in [0.717, 1.165) is 6.07 Å². The number of halogens is 2. The van der Waals surface area contributed by atoms with E-state index in [1.165, 1.54) is 12.1 Å². The number of nitrogens with one attached hydrogen (secondary N) is 1. The zero-order valence-electron chi connectivity index (χ0n) is 10.2. The highest BCUT2D eigenvalue weighted by Gasteiger charge is 2.23. The summed E-state index contributed by atoms with van der Waals surface area (Å²) in [4.78, 5) is 21.0. The van der Waals surface area contributed by atoms with Crippen LogP contribution in [-0.4, -0.2) is 42.2 Å². The summed E-state index contributed by atoms with van der Waals surface area (Å²) in [6, 6.07) is 3.79. The molecule has 110 valence electrons. The van der Waals surface area contributed by atoms with Crippen molar-refractivity contribution in [2.24, 2.45) is 0 Å². The number of alkyl halides is 2. The summed E-state index contributed by atoms with van der Waals surface area (Å²) in [6.45, 7) is -0.769. The number of rotatable bonds is 8. The fourth-order valence-electron chi connectivity index (χ4n) is 1.49. The standard InChI is InChI=1S/C11H12F2N2O5/c12-9(13)6-20-5-4-14-8-3-1-2-7(11(16)17)10(8)15(18)19/h1-3,9,14H,4-6H2,(H,16,17). The topological polar surface area (TPSA) is 102 Å². The second-order valence-corrected chi connectivity index (χ2v) is 3.66. The smallest absolute Gasteiger partial charge is 0.342 e. The van der Waals surface area contributed by atoms with Gasteiger partial charge in [0.05, 0.1) is 11.5 Å². The first-order valence-corrected chi connectivity index (χ1v) is 5.54. The lowest BCUT2D eigenvalue weighted by molar-refractivity contribution is -0.384. The maximum Gasteiger partial charge on any atom is 0.342 e. The molecule has 0 bridgehead atoms. The second-order valence-electron chi connectivity index (χ2n) is 3.66. The van der Waals surface area contributed by atoms with Gasteiger partial charge in [-0.15, -0.1) is 0 Å². The molecule has 0 aromatic heterocycles. The number of carboxylic acids is 1. The molecule has 0 aliphatic carbocycles. The van der Waals surface area contributed by atoms with E-state index < -0.39 is 35.2 Å². The number of ether oxygens (including phenoxy) is 1. The summed E-state index contributed by atoms with van der Waals surface area (Å²) in [5.41, 5.74) is -1.03. The van der Waals surface area contributed by atoms with Crippen molar-refractivity contribution in [1.82, 2.24) is 0 Å². The minimum atomic E-state index is -2.58. The van der Waals surface area contributed by atoms with Gasteiger partial charge in [0.25, 0.3) is 6.43 Å². The molecule has 1 rings (SSSR count). The molecule has 9 heteroatoms. The van der Waals surface area contributed by atoms with Crippen molar-refractivity contribution in [3.05, 3.63) is 33.9 Å². The van der Waals surface area contributed by atoms with Crippen molar-refractivity contribution in [2.75, 3.05) is 25.1 Å². The lowest BCUT2D eigenvalue weighted by Crippen LogP contribution is -2.14. The molecule has 1 aromatic carbocycles. The molecule has 0 aliphatic heterocycles. The first kappa shape index (κ1) is 15.8. The summed E-state index contributed by atoms with van der Waals surface area (Å²) >= 11 is 0. The third-order valence-corrected chi connectivity index (χ3v) is 2.25. The maximum atomic E-state index is 11.8. The highest BCUT2D eigenvalue weighted by molar-refractivity contribution is 5.95. The number of carboxylic acid groups (broad SMARTS) is 1. The Bertz CT molecular complexity index is 496. The predicted molar refractivity (Wildman–Crippen MR) is 65.4 cm³/mol. The van der Waals surface area contributed by atoms with Crippen LogP contribution in [0, 0.1) is 10.1 Å². The van der Waals surface area contributed by atoms with Gasteiger partial charge in [0, 0.05) is 6.54 Å². The van der Waals surface area contributed by atoms with E-state index in [1.807, 2.05) is 0 Å². The largest absolute Gasteiger partial charge is 0.477 e. The van der Waals surface area contributed by atoms with Gasteiger partial charge in [-0.3, -0.25) is 10.1 Å². The Hall–Kier alpha value is -2.29. The highest BCUT2D eigenvalue weighted by atomic mass is 19.3. The minimum absolute atomic E-state index is 0.00412. The van der Waals surface area contributed by atoms with Crippen LogP contribution >= 0.6 is 0 Å². The Kier molecular flexibility index (Phi) is 5.78. The summed E-state index contributed by atoms with van der Waals surface area (Å²) in [6.07, 6.45) is -2.58. The van der Waals surface area contributed by atoms with E-state index >= 15 is 0 Å². The number of carbonyl (C=O) groups is 1. The monoisotopic (exact) mass is 290 g/mol. The van der Waals surface area contributed by atoms with Gasteiger partial charge >= 0.3 is 11.7 Å². The molecule has 0 unspecified atom stereocenters. The van der Waals surface area contributed by atoms with Crippen LogP contribution in [0.1, 0.15) is 10.4 Å². The molecular weight excluding hydrogens is 278 g/mol. The molecule has 0 saturated carbocycles. The molecular formula is C11H12F2N2O5. The average molecular weight is 290 g/mol. The molecule has 0 spiro atoms. The first-order chi connectivity index (χ1) is 9.43. The van der Waals surface area contributed by atoms with Crippen molar-refractivity contribution in [2.45, 2.75) is 6.43 Å². The van der Waals surface area contributed by atoms with E-state index in [1.54, 1.807) is 0 Å². The van der Waals surface area contributed by atoms with Crippen LogP contribution in [-0.2, 0) is 4.74 Å². The predicted octanol–water partition coefficient (Wildman–Crippen LogP) is 1.99. The molecule has 0 saturated heterocycles. The number of hydrogen-bond donors (Lipinski definition) is 2. The fourth-order valence-corrected chi connectivity index (χ4v) is 1.49. The molecule has 0 radical (unpaired) electrons. The van der Waals surface area contributed by atoms with E-state index in [9.17, 15) is 23.7 Å². The molecule has 1 aromatic rings. The van der Waals surface area contributed by atoms with E-state index in [4.69, 9.17) is 5.11 Å². The van der Waals surface area contributed by atoms with Gasteiger partial charge in [-0.05, 0) is 12.1 Å². The fraction of sp³-hybridized carbons (Fsp3) is 0.364. The van der Waals surface area contributed by atoms with Gasteiger partial charge < -0.3 is 15.2 Å². The number of nitro benzene ring substituents is 1. The Labute approximate surface area is 112 Å². The summed E-state index contributed by atoms with van der Waals surface area (Å²) in [5.74, 6) is -1.42. The lowest BCUT2D eigenvalue weighted by atomic mass is 10.1. The van der Waals surface area contributed by atoms with Crippen molar-refractivity contribution >= 4 is 17.3 Å². The minimum Gasteiger partial charge on any atom is -0.477 e. The molecule has 20 heavy (non-hydrogen) atoms. The summed E-state index contributed by atoms with van der Waals surface area (Å²) in [5, 5.41) is 22.4. The maximum absolute atomic E-state index is 11.8. The third kappa shape index (κ3) is 4.43. The van der Waals surface area contributed by atoms with Gasteiger partial charge in [-0.25, -0.2) is 13.6 Å². The van der Waals surface area contributed by atoms with Crippen molar-refractivity contribution in [3.63, 3.8) is 0 Å².